The molecule has 2 aliphatic rings. The highest BCUT2D eigenvalue weighted by Crippen LogP contribution is 2.29. The van der Waals surface area contributed by atoms with Crippen molar-refractivity contribution in [3.63, 3.8) is 0 Å². The van der Waals surface area contributed by atoms with Crippen LogP contribution in [0.3, 0.4) is 0 Å². The van der Waals surface area contributed by atoms with E-state index in [2.05, 4.69) is 14.8 Å². The van der Waals surface area contributed by atoms with Crippen LogP contribution in [0, 0.1) is 0 Å². The molecule has 0 spiro atoms. The smallest absolute Gasteiger partial charge is 0.337 e. The number of carboxylic acids is 1. The standard InChI is InChI=1S/C14H20N4O2/c15-12-11(14(19)20)3-5-16-13(12)18-8-4-10(9-18)17-6-1-2-7-17/h3,5,10H,1-2,4,6-9,15H2,(H,19,20). The molecule has 2 fully saturated rings. The van der Waals surface area contributed by atoms with Crippen molar-refractivity contribution >= 4 is 17.5 Å². The summed E-state index contributed by atoms with van der Waals surface area (Å²) in [6.07, 6.45) is 5.19. The first-order valence-electron chi connectivity index (χ1n) is 7.13. The van der Waals surface area contributed by atoms with Crippen molar-refractivity contribution in [2.24, 2.45) is 0 Å². The van der Waals surface area contributed by atoms with E-state index in [0.717, 1.165) is 19.5 Å². The maximum absolute atomic E-state index is 11.1. The van der Waals surface area contributed by atoms with Crippen molar-refractivity contribution in [3.05, 3.63) is 17.8 Å². The maximum Gasteiger partial charge on any atom is 0.337 e. The Morgan fingerprint density at radius 1 is 1.35 bits per heavy atom. The van der Waals surface area contributed by atoms with Crippen LogP contribution in [0.2, 0.25) is 0 Å². The van der Waals surface area contributed by atoms with Gasteiger partial charge in [-0.15, -0.1) is 0 Å². The lowest BCUT2D eigenvalue weighted by Crippen LogP contribution is -2.35. The van der Waals surface area contributed by atoms with Gasteiger partial charge < -0.3 is 15.7 Å². The maximum atomic E-state index is 11.1. The van der Waals surface area contributed by atoms with E-state index in [4.69, 9.17) is 10.8 Å². The zero-order valence-corrected chi connectivity index (χ0v) is 11.5. The molecule has 3 rings (SSSR count). The molecule has 1 aromatic heterocycles. The van der Waals surface area contributed by atoms with E-state index < -0.39 is 5.97 Å². The fourth-order valence-electron chi connectivity index (χ4n) is 3.24. The van der Waals surface area contributed by atoms with E-state index >= 15 is 0 Å². The third kappa shape index (κ3) is 2.31. The molecule has 2 aliphatic heterocycles. The number of rotatable bonds is 3. The lowest BCUT2D eigenvalue weighted by Gasteiger charge is -2.24. The van der Waals surface area contributed by atoms with Crippen LogP contribution in [0.4, 0.5) is 11.5 Å². The molecule has 0 saturated carbocycles. The van der Waals surface area contributed by atoms with Crippen molar-refractivity contribution in [2.75, 3.05) is 36.8 Å². The second-order valence-electron chi connectivity index (χ2n) is 5.53. The Hall–Kier alpha value is -1.82. The predicted octanol–water partition coefficient (Wildman–Crippen LogP) is 1.04. The minimum atomic E-state index is -0.999. The molecule has 0 aromatic carbocycles. The van der Waals surface area contributed by atoms with E-state index in [0.29, 0.717) is 11.9 Å². The van der Waals surface area contributed by atoms with Crippen molar-refractivity contribution in [1.29, 1.82) is 0 Å². The first-order valence-corrected chi connectivity index (χ1v) is 7.13. The Balaban J connectivity index is 1.77. The second kappa shape index (κ2) is 5.28. The lowest BCUT2D eigenvalue weighted by molar-refractivity contribution is 0.0698. The van der Waals surface area contributed by atoms with Crippen LogP contribution in [-0.4, -0.2) is 53.2 Å². The summed E-state index contributed by atoms with van der Waals surface area (Å²) in [6, 6.07) is 2.00. The van der Waals surface area contributed by atoms with Crippen LogP contribution in [0.1, 0.15) is 29.6 Å². The van der Waals surface area contributed by atoms with E-state index in [9.17, 15) is 4.79 Å². The highest BCUT2D eigenvalue weighted by atomic mass is 16.4. The van der Waals surface area contributed by atoms with Gasteiger partial charge in [0, 0.05) is 25.3 Å². The van der Waals surface area contributed by atoms with Gasteiger partial charge in [0.1, 0.15) is 0 Å². The highest BCUT2D eigenvalue weighted by molar-refractivity contribution is 5.96. The number of aromatic carboxylic acids is 1. The summed E-state index contributed by atoms with van der Waals surface area (Å²) in [5.74, 6) is -0.381. The second-order valence-corrected chi connectivity index (χ2v) is 5.53. The molecule has 6 nitrogen and oxygen atoms in total. The van der Waals surface area contributed by atoms with Gasteiger partial charge in [-0.2, -0.15) is 0 Å². The van der Waals surface area contributed by atoms with E-state index in [1.165, 1.54) is 38.2 Å². The minimum Gasteiger partial charge on any atom is -0.478 e. The van der Waals surface area contributed by atoms with Gasteiger partial charge in [-0.1, -0.05) is 0 Å². The summed E-state index contributed by atoms with van der Waals surface area (Å²) in [5, 5.41) is 9.12. The Kier molecular flexibility index (Phi) is 3.48. The molecule has 2 saturated heterocycles. The van der Waals surface area contributed by atoms with Gasteiger partial charge in [0.15, 0.2) is 5.82 Å². The van der Waals surface area contributed by atoms with Gasteiger partial charge in [-0.3, -0.25) is 4.90 Å². The zero-order chi connectivity index (χ0) is 14.1. The summed E-state index contributed by atoms with van der Waals surface area (Å²) in [6.45, 7) is 4.13. The number of carboxylic acid groups (broad SMARTS) is 1. The quantitative estimate of drug-likeness (QED) is 0.858. The predicted molar refractivity (Wildman–Crippen MR) is 77.0 cm³/mol. The molecule has 3 N–H and O–H groups in total. The van der Waals surface area contributed by atoms with Crippen LogP contribution < -0.4 is 10.6 Å². The lowest BCUT2D eigenvalue weighted by atomic mass is 10.2. The van der Waals surface area contributed by atoms with Crippen molar-refractivity contribution < 1.29 is 9.90 Å². The number of pyridine rings is 1. The van der Waals surface area contributed by atoms with Crippen molar-refractivity contribution in [1.82, 2.24) is 9.88 Å². The molecule has 1 unspecified atom stereocenters. The van der Waals surface area contributed by atoms with Gasteiger partial charge in [0.2, 0.25) is 0 Å². The zero-order valence-electron chi connectivity index (χ0n) is 11.5. The van der Waals surface area contributed by atoms with Gasteiger partial charge >= 0.3 is 5.97 Å². The van der Waals surface area contributed by atoms with Crippen LogP contribution in [0.25, 0.3) is 0 Å². The molecule has 0 bridgehead atoms. The van der Waals surface area contributed by atoms with Gasteiger partial charge in [-0.05, 0) is 38.4 Å². The average molecular weight is 276 g/mol. The third-order valence-electron chi connectivity index (χ3n) is 4.32. The largest absolute Gasteiger partial charge is 0.478 e. The summed E-state index contributed by atoms with van der Waals surface area (Å²) in [4.78, 5) is 20.1. The Labute approximate surface area is 118 Å². The highest BCUT2D eigenvalue weighted by Gasteiger charge is 2.31. The fourth-order valence-corrected chi connectivity index (χ4v) is 3.24. The molecular formula is C14H20N4O2. The van der Waals surface area contributed by atoms with Gasteiger partial charge in [0.25, 0.3) is 0 Å². The monoisotopic (exact) mass is 276 g/mol. The number of nitrogens with zero attached hydrogens (tertiary/aromatic N) is 3. The fraction of sp³-hybridized carbons (Fsp3) is 0.571. The Bertz CT molecular complexity index is 514. The number of likely N-dealkylation sites (tertiary alicyclic amines) is 1. The molecule has 6 heteroatoms. The normalized spacial score (nSPS) is 23.4. The van der Waals surface area contributed by atoms with Crippen molar-refractivity contribution in [2.45, 2.75) is 25.3 Å². The average Bonchev–Trinajstić information content (AvgIpc) is 3.09. The summed E-state index contributed by atoms with van der Waals surface area (Å²) >= 11 is 0. The summed E-state index contributed by atoms with van der Waals surface area (Å²) < 4.78 is 0. The Morgan fingerprint density at radius 2 is 2.10 bits per heavy atom. The summed E-state index contributed by atoms with van der Waals surface area (Å²) in [5.41, 5.74) is 6.38. The number of hydrogen-bond acceptors (Lipinski definition) is 5. The van der Waals surface area contributed by atoms with Gasteiger partial charge in [-0.25, -0.2) is 9.78 Å². The van der Waals surface area contributed by atoms with Crippen LogP contribution in [0.5, 0.6) is 0 Å². The molecule has 1 aromatic rings. The number of nitrogens with two attached hydrogens (primary N) is 1. The number of hydrogen-bond donors (Lipinski definition) is 2. The SMILES string of the molecule is Nc1c(C(=O)O)ccnc1N1CCC(N2CCCC2)C1. The van der Waals surface area contributed by atoms with E-state index in [1.807, 2.05) is 0 Å². The number of nitrogen functional groups attached to an aromatic ring is 1. The van der Waals surface area contributed by atoms with Gasteiger partial charge in [0.05, 0.1) is 11.3 Å². The minimum absolute atomic E-state index is 0.139. The van der Waals surface area contributed by atoms with Crippen LogP contribution in [-0.2, 0) is 0 Å². The molecule has 0 aliphatic carbocycles. The first-order chi connectivity index (χ1) is 9.66. The summed E-state index contributed by atoms with van der Waals surface area (Å²) in [7, 11) is 0. The number of carbonyl (C=O) groups is 1. The molecule has 3 heterocycles. The number of aromatic nitrogens is 1. The molecule has 1 atom stereocenters. The molecule has 0 radical (unpaired) electrons. The molecule has 20 heavy (non-hydrogen) atoms. The third-order valence-corrected chi connectivity index (χ3v) is 4.32. The first kappa shape index (κ1) is 13.2. The molecule has 108 valence electrons. The van der Waals surface area contributed by atoms with Crippen LogP contribution in [0.15, 0.2) is 12.3 Å². The van der Waals surface area contributed by atoms with E-state index in [-0.39, 0.29) is 11.3 Å². The molecular weight excluding hydrogens is 256 g/mol. The topological polar surface area (TPSA) is 82.7 Å². The van der Waals surface area contributed by atoms with E-state index in [1.54, 1.807) is 0 Å². The van der Waals surface area contributed by atoms with Crippen LogP contribution >= 0.6 is 0 Å². The molecule has 0 amide bonds. The number of anilines is 2. The Morgan fingerprint density at radius 3 is 2.80 bits per heavy atom. The van der Waals surface area contributed by atoms with Crippen molar-refractivity contribution in [3.8, 4) is 0 Å².